The van der Waals surface area contributed by atoms with Crippen molar-refractivity contribution in [3.8, 4) is 0 Å². The van der Waals surface area contributed by atoms with Gasteiger partial charge in [0.25, 0.3) is 11.8 Å². The van der Waals surface area contributed by atoms with E-state index in [4.69, 9.17) is 4.42 Å². The molecule has 1 aromatic rings. The molecule has 1 saturated carbocycles. The SMILES string of the molecule is CN(C)Cc1ccoc1C(=O)N1CC2(CCC2(F)F)C1. The average Bonchev–Trinajstić information content (AvgIpc) is 2.73. The highest BCUT2D eigenvalue weighted by molar-refractivity contribution is 5.93. The molecule has 2 aliphatic rings. The largest absolute Gasteiger partial charge is 0.459 e. The van der Waals surface area contributed by atoms with Gasteiger partial charge in [-0.05, 0) is 26.6 Å². The molecular weight excluding hydrogens is 266 g/mol. The highest BCUT2D eigenvalue weighted by Crippen LogP contribution is 2.59. The molecule has 0 aromatic carbocycles. The summed E-state index contributed by atoms with van der Waals surface area (Å²) in [4.78, 5) is 15.7. The van der Waals surface area contributed by atoms with E-state index in [2.05, 4.69) is 0 Å². The number of carbonyl (C=O) groups is 1. The second kappa shape index (κ2) is 4.28. The quantitative estimate of drug-likeness (QED) is 0.854. The molecule has 0 radical (unpaired) electrons. The Morgan fingerprint density at radius 2 is 2.10 bits per heavy atom. The fraction of sp³-hybridized carbons (Fsp3) is 0.643. The van der Waals surface area contributed by atoms with Crippen LogP contribution in [0.1, 0.15) is 29.0 Å². The molecule has 0 bridgehead atoms. The highest BCUT2D eigenvalue weighted by atomic mass is 19.3. The average molecular weight is 284 g/mol. The Kier molecular flexibility index (Phi) is 2.90. The number of alkyl halides is 2. The first-order chi connectivity index (χ1) is 9.35. The van der Waals surface area contributed by atoms with Crippen molar-refractivity contribution in [1.82, 2.24) is 9.80 Å². The predicted octanol–water partition coefficient (Wildman–Crippen LogP) is 2.21. The number of rotatable bonds is 3. The van der Waals surface area contributed by atoms with Crippen LogP contribution in [-0.4, -0.2) is 48.8 Å². The number of hydrogen-bond donors (Lipinski definition) is 0. The fourth-order valence-corrected chi connectivity index (χ4v) is 3.02. The number of halogens is 2. The van der Waals surface area contributed by atoms with E-state index in [0.29, 0.717) is 13.0 Å². The zero-order chi connectivity index (χ0) is 14.5. The summed E-state index contributed by atoms with van der Waals surface area (Å²) in [6.45, 7) is 0.870. The maximum atomic E-state index is 13.5. The summed E-state index contributed by atoms with van der Waals surface area (Å²) in [7, 11) is 3.80. The van der Waals surface area contributed by atoms with Crippen molar-refractivity contribution in [2.24, 2.45) is 5.41 Å². The van der Waals surface area contributed by atoms with Crippen LogP contribution in [0.15, 0.2) is 16.7 Å². The second-order valence-electron chi connectivity index (χ2n) is 6.16. The minimum atomic E-state index is -2.61. The standard InChI is InChI=1S/C14H18F2N2O2/c1-17(2)7-10-3-6-20-11(10)12(19)18-8-13(9-18)4-5-14(13,15)16/h3,6H,4-5,7-9H2,1-2H3. The topological polar surface area (TPSA) is 36.7 Å². The Hall–Kier alpha value is -1.43. The summed E-state index contributed by atoms with van der Waals surface area (Å²) >= 11 is 0. The second-order valence-corrected chi connectivity index (χ2v) is 6.16. The summed E-state index contributed by atoms with van der Waals surface area (Å²) in [5, 5.41) is 0. The summed E-state index contributed by atoms with van der Waals surface area (Å²) in [6, 6.07) is 1.75. The summed E-state index contributed by atoms with van der Waals surface area (Å²) < 4.78 is 32.3. The first-order valence-corrected chi connectivity index (χ1v) is 6.73. The number of likely N-dealkylation sites (tertiary alicyclic amines) is 1. The van der Waals surface area contributed by atoms with Crippen LogP contribution >= 0.6 is 0 Å². The van der Waals surface area contributed by atoms with Crippen LogP contribution in [0.25, 0.3) is 0 Å². The summed E-state index contributed by atoms with van der Waals surface area (Å²) in [5.41, 5.74) is -0.168. The number of hydrogen-bond acceptors (Lipinski definition) is 3. The Morgan fingerprint density at radius 1 is 1.40 bits per heavy atom. The van der Waals surface area contributed by atoms with Crippen molar-refractivity contribution in [1.29, 1.82) is 0 Å². The van der Waals surface area contributed by atoms with Crippen molar-refractivity contribution in [3.63, 3.8) is 0 Å². The lowest BCUT2D eigenvalue weighted by molar-refractivity contribution is -0.248. The number of amides is 1. The predicted molar refractivity (Wildman–Crippen MR) is 68.6 cm³/mol. The molecule has 4 nitrogen and oxygen atoms in total. The van der Waals surface area contributed by atoms with Crippen LogP contribution in [0.4, 0.5) is 8.78 Å². The van der Waals surface area contributed by atoms with E-state index in [1.54, 1.807) is 6.07 Å². The molecule has 2 fully saturated rings. The van der Waals surface area contributed by atoms with E-state index < -0.39 is 11.3 Å². The molecule has 0 unspecified atom stereocenters. The van der Waals surface area contributed by atoms with Crippen LogP contribution in [0, 0.1) is 5.41 Å². The summed E-state index contributed by atoms with van der Waals surface area (Å²) in [6.07, 6.45) is 1.92. The first-order valence-electron chi connectivity index (χ1n) is 6.73. The molecule has 1 spiro atoms. The van der Waals surface area contributed by atoms with Crippen LogP contribution < -0.4 is 0 Å². The Bertz CT molecular complexity index is 533. The highest BCUT2D eigenvalue weighted by Gasteiger charge is 2.67. The van der Waals surface area contributed by atoms with Gasteiger partial charge >= 0.3 is 0 Å². The van der Waals surface area contributed by atoms with Crippen LogP contribution in [0.5, 0.6) is 0 Å². The molecule has 2 heterocycles. The summed E-state index contributed by atoms with van der Waals surface area (Å²) in [5.74, 6) is -2.62. The molecule has 1 amide bonds. The van der Waals surface area contributed by atoms with Gasteiger partial charge in [-0.3, -0.25) is 4.79 Å². The van der Waals surface area contributed by atoms with E-state index in [9.17, 15) is 13.6 Å². The van der Waals surface area contributed by atoms with Gasteiger partial charge in [0.1, 0.15) is 0 Å². The van der Waals surface area contributed by atoms with Gasteiger partial charge in [-0.25, -0.2) is 8.78 Å². The molecule has 110 valence electrons. The van der Waals surface area contributed by atoms with Gasteiger partial charge in [0, 0.05) is 31.6 Å². The van der Waals surface area contributed by atoms with E-state index in [1.807, 2.05) is 19.0 Å². The van der Waals surface area contributed by atoms with Crippen molar-refractivity contribution in [3.05, 3.63) is 23.7 Å². The zero-order valence-corrected chi connectivity index (χ0v) is 11.7. The van der Waals surface area contributed by atoms with E-state index in [0.717, 1.165) is 5.56 Å². The molecule has 1 saturated heterocycles. The lowest BCUT2D eigenvalue weighted by Crippen LogP contribution is -2.70. The third-order valence-corrected chi connectivity index (χ3v) is 4.40. The van der Waals surface area contributed by atoms with Gasteiger partial charge < -0.3 is 14.2 Å². The van der Waals surface area contributed by atoms with Gasteiger partial charge in [-0.1, -0.05) is 0 Å². The Labute approximate surface area is 116 Å². The van der Waals surface area contributed by atoms with Crippen molar-refractivity contribution in [2.75, 3.05) is 27.2 Å². The minimum Gasteiger partial charge on any atom is -0.459 e. The van der Waals surface area contributed by atoms with Crippen LogP contribution in [0.2, 0.25) is 0 Å². The molecule has 0 N–H and O–H groups in total. The fourth-order valence-electron chi connectivity index (χ4n) is 3.02. The Morgan fingerprint density at radius 3 is 2.60 bits per heavy atom. The molecule has 6 heteroatoms. The van der Waals surface area contributed by atoms with Gasteiger partial charge in [0.2, 0.25) is 0 Å². The lowest BCUT2D eigenvalue weighted by Gasteiger charge is -2.59. The van der Waals surface area contributed by atoms with Crippen LogP contribution in [0.3, 0.4) is 0 Å². The molecule has 1 aliphatic heterocycles. The van der Waals surface area contributed by atoms with E-state index >= 15 is 0 Å². The van der Waals surface area contributed by atoms with Crippen molar-refractivity contribution in [2.45, 2.75) is 25.3 Å². The molecule has 0 atom stereocenters. The molecule has 20 heavy (non-hydrogen) atoms. The van der Waals surface area contributed by atoms with Gasteiger partial charge in [-0.2, -0.15) is 0 Å². The molecular formula is C14H18F2N2O2. The third-order valence-electron chi connectivity index (χ3n) is 4.40. The number of nitrogens with zero attached hydrogens (tertiary/aromatic N) is 2. The Balaban J connectivity index is 1.68. The van der Waals surface area contributed by atoms with Crippen molar-refractivity contribution >= 4 is 5.91 Å². The lowest BCUT2D eigenvalue weighted by atomic mass is 9.60. The minimum absolute atomic E-state index is 0.0539. The smallest absolute Gasteiger partial charge is 0.289 e. The van der Waals surface area contributed by atoms with Crippen LogP contribution in [-0.2, 0) is 6.54 Å². The number of furan rings is 1. The maximum Gasteiger partial charge on any atom is 0.289 e. The molecule has 1 aliphatic carbocycles. The first kappa shape index (κ1) is 13.5. The molecule has 1 aromatic heterocycles. The monoisotopic (exact) mass is 284 g/mol. The van der Waals surface area contributed by atoms with Crippen molar-refractivity contribution < 1.29 is 18.0 Å². The van der Waals surface area contributed by atoms with Gasteiger partial charge in [-0.15, -0.1) is 0 Å². The van der Waals surface area contributed by atoms with Gasteiger partial charge in [0.15, 0.2) is 5.76 Å². The van der Waals surface area contributed by atoms with E-state index in [-0.39, 0.29) is 31.2 Å². The maximum absolute atomic E-state index is 13.5. The zero-order valence-electron chi connectivity index (χ0n) is 11.7. The molecule has 3 rings (SSSR count). The van der Waals surface area contributed by atoms with Gasteiger partial charge in [0.05, 0.1) is 11.7 Å². The number of carbonyl (C=O) groups excluding carboxylic acids is 1. The third kappa shape index (κ3) is 1.85. The van der Waals surface area contributed by atoms with E-state index in [1.165, 1.54) is 11.2 Å². The normalized spacial score (nSPS) is 22.8.